The molecule has 0 spiro atoms. The smallest absolute Gasteiger partial charge is 0.405 e. The SMILES string of the molecule is CC(NC(=O)O)C(=O)Nc1cc(Cl)cc(C#Cc2ccccc2)n1. The molecule has 2 amide bonds. The van der Waals surface area contributed by atoms with Crippen molar-refractivity contribution in [2.45, 2.75) is 13.0 Å². The monoisotopic (exact) mass is 343 g/mol. The summed E-state index contributed by atoms with van der Waals surface area (Å²) in [6, 6.07) is 11.5. The van der Waals surface area contributed by atoms with E-state index in [4.69, 9.17) is 16.7 Å². The maximum atomic E-state index is 11.9. The summed E-state index contributed by atoms with van der Waals surface area (Å²) in [7, 11) is 0. The zero-order chi connectivity index (χ0) is 17.5. The molecule has 0 fully saturated rings. The first kappa shape index (κ1) is 17.3. The topological polar surface area (TPSA) is 91.3 Å². The van der Waals surface area contributed by atoms with Gasteiger partial charge in [0.1, 0.15) is 17.6 Å². The molecule has 7 heteroatoms. The molecule has 1 atom stereocenters. The van der Waals surface area contributed by atoms with Crippen LogP contribution in [-0.2, 0) is 4.79 Å². The van der Waals surface area contributed by atoms with Gasteiger partial charge in [0.05, 0.1) is 0 Å². The van der Waals surface area contributed by atoms with Gasteiger partial charge < -0.3 is 15.7 Å². The van der Waals surface area contributed by atoms with Crippen LogP contribution in [0.1, 0.15) is 18.2 Å². The molecule has 0 saturated carbocycles. The van der Waals surface area contributed by atoms with Crippen LogP contribution in [-0.4, -0.2) is 28.1 Å². The number of anilines is 1. The summed E-state index contributed by atoms with van der Waals surface area (Å²) in [5, 5.41) is 13.5. The Hall–Kier alpha value is -3.04. The molecule has 24 heavy (non-hydrogen) atoms. The Morgan fingerprint density at radius 3 is 2.58 bits per heavy atom. The number of rotatable bonds is 3. The first-order chi connectivity index (χ1) is 11.4. The number of halogens is 1. The third-order valence-electron chi connectivity index (χ3n) is 2.88. The second-order valence-electron chi connectivity index (χ2n) is 4.83. The van der Waals surface area contributed by atoms with Gasteiger partial charge in [0.2, 0.25) is 5.91 Å². The number of nitrogens with zero attached hydrogens (tertiary/aromatic N) is 1. The van der Waals surface area contributed by atoms with E-state index in [1.54, 1.807) is 6.07 Å². The fourth-order valence-electron chi connectivity index (χ4n) is 1.77. The van der Waals surface area contributed by atoms with E-state index in [1.807, 2.05) is 30.3 Å². The van der Waals surface area contributed by atoms with Gasteiger partial charge in [-0.05, 0) is 37.1 Å². The van der Waals surface area contributed by atoms with Crippen LogP contribution in [0.5, 0.6) is 0 Å². The molecule has 0 bridgehead atoms. The Balaban J connectivity index is 2.16. The third kappa shape index (κ3) is 5.30. The number of carbonyl (C=O) groups excluding carboxylic acids is 1. The lowest BCUT2D eigenvalue weighted by Gasteiger charge is -2.11. The van der Waals surface area contributed by atoms with Gasteiger partial charge in [-0.3, -0.25) is 4.79 Å². The van der Waals surface area contributed by atoms with Crippen LogP contribution >= 0.6 is 11.6 Å². The molecule has 0 aliphatic carbocycles. The standard InChI is InChI=1S/C17H14ClN3O3/c1-11(19-17(23)24)16(22)21-15-10-13(18)9-14(20-15)8-7-12-5-3-2-4-6-12/h2-6,9-11,19H,1H3,(H,23,24)(H,20,21,22). The van der Waals surface area contributed by atoms with Crippen molar-refractivity contribution >= 4 is 29.4 Å². The van der Waals surface area contributed by atoms with E-state index in [0.717, 1.165) is 5.56 Å². The van der Waals surface area contributed by atoms with Crippen molar-refractivity contribution in [1.82, 2.24) is 10.3 Å². The minimum atomic E-state index is -1.29. The quantitative estimate of drug-likeness (QED) is 0.747. The van der Waals surface area contributed by atoms with Crippen LogP contribution in [0.3, 0.4) is 0 Å². The molecule has 2 rings (SSSR count). The van der Waals surface area contributed by atoms with Crippen LogP contribution in [0.15, 0.2) is 42.5 Å². The van der Waals surface area contributed by atoms with Crippen molar-refractivity contribution in [3.8, 4) is 11.8 Å². The number of hydrogen-bond donors (Lipinski definition) is 3. The van der Waals surface area contributed by atoms with Crippen LogP contribution in [0, 0.1) is 11.8 Å². The number of nitrogens with one attached hydrogen (secondary N) is 2. The van der Waals surface area contributed by atoms with E-state index in [2.05, 4.69) is 27.5 Å². The van der Waals surface area contributed by atoms with Gasteiger partial charge in [0.25, 0.3) is 0 Å². The second-order valence-corrected chi connectivity index (χ2v) is 5.27. The zero-order valence-corrected chi connectivity index (χ0v) is 13.5. The van der Waals surface area contributed by atoms with E-state index in [0.29, 0.717) is 10.7 Å². The summed E-state index contributed by atoms with van der Waals surface area (Å²) in [5.74, 6) is 5.46. The first-order valence-electron chi connectivity index (χ1n) is 6.99. The highest BCUT2D eigenvalue weighted by atomic mass is 35.5. The molecular weight excluding hydrogens is 330 g/mol. The van der Waals surface area contributed by atoms with Gasteiger partial charge >= 0.3 is 6.09 Å². The highest BCUT2D eigenvalue weighted by Gasteiger charge is 2.15. The van der Waals surface area contributed by atoms with E-state index >= 15 is 0 Å². The largest absolute Gasteiger partial charge is 0.465 e. The summed E-state index contributed by atoms with van der Waals surface area (Å²) < 4.78 is 0. The predicted octanol–water partition coefficient (Wildman–Crippen LogP) is 2.73. The zero-order valence-electron chi connectivity index (χ0n) is 12.7. The van der Waals surface area contributed by atoms with Crippen molar-refractivity contribution < 1.29 is 14.7 Å². The second kappa shape index (κ2) is 7.99. The maximum Gasteiger partial charge on any atom is 0.405 e. The highest BCUT2D eigenvalue weighted by Crippen LogP contribution is 2.15. The normalized spacial score (nSPS) is 10.9. The van der Waals surface area contributed by atoms with E-state index in [-0.39, 0.29) is 5.82 Å². The van der Waals surface area contributed by atoms with Gasteiger partial charge in [-0.15, -0.1) is 0 Å². The molecule has 1 unspecified atom stereocenters. The molecular formula is C17H14ClN3O3. The molecule has 0 aliphatic heterocycles. The van der Waals surface area contributed by atoms with Crippen LogP contribution in [0.25, 0.3) is 0 Å². The first-order valence-corrected chi connectivity index (χ1v) is 7.37. The molecule has 1 aromatic carbocycles. The lowest BCUT2D eigenvalue weighted by molar-refractivity contribution is -0.117. The number of benzene rings is 1. The number of carbonyl (C=O) groups is 2. The van der Waals surface area contributed by atoms with Crippen LogP contribution in [0.2, 0.25) is 5.02 Å². The highest BCUT2D eigenvalue weighted by molar-refractivity contribution is 6.31. The number of pyridine rings is 1. The lowest BCUT2D eigenvalue weighted by Crippen LogP contribution is -2.40. The number of amides is 2. The minimum Gasteiger partial charge on any atom is -0.465 e. The molecule has 1 heterocycles. The summed E-state index contributed by atoms with van der Waals surface area (Å²) in [4.78, 5) is 26.6. The average Bonchev–Trinajstić information content (AvgIpc) is 2.52. The molecule has 0 saturated heterocycles. The summed E-state index contributed by atoms with van der Waals surface area (Å²) in [5.41, 5.74) is 1.21. The van der Waals surface area contributed by atoms with Gasteiger partial charge in [-0.2, -0.15) is 0 Å². The molecule has 122 valence electrons. The Morgan fingerprint density at radius 2 is 1.92 bits per heavy atom. The fraction of sp³-hybridized carbons (Fsp3) is 0.118. The Kier molecular flexibility index (Phi) is 5.77. The summed E-state index contributed by atoms with van der Waals surface area (Å²) >= 11 is 6.01. The Labute approximate surface area is 143 Å². The number of hydrogen-bond acceptors (Lipinski definition) is 3. The van der Waals surface area contributed by atoms with E-state index < -0.39 is 18.0 Å². The number of carboxylic acid groups (broad SMARTS) is 1. The van der Waals surface area contributed by atoms with E-state index in [1.165, 1.54) is 13.0 Å². The molecule has 0 radical (unpaired) electrons. The van der Waals surface area contributed by atoms with Gasteiger partial charge in [-0.1, -0.05) is 35.7 Å². The average molecular weight is 344 g/mol. The molecule has 0 aliphatic rings. The summed E-state index contributed by atoms with van der Waals surface area (Å²) in [6.07, 6.45) is -1.29. The molecule has 2 aromatic rings. The maximum absolute atomic E-state index is 11.9. The van der Waals surface area contributed by atoms with E-state index in [9.17, 15) is 9.59 Å². The molecule has 3 N–H and O–H groups in total. The van der Waals surface area contributed by atoms with Crippen LogP contribution in [0.4, 0.5) is 10.6 Å². The van der Waals surface area contributed by atoms with Crippen molar-refractivity contribution in [2.24, 2.45) is 0 Å². The predicted molar refractivity (Wildman–Crippen MR) is 90.9 cm³/mol. The van der Waals surface area contributed by atoms with Crippen molar-refractivity contribution in [3.05, 3.63) is 58.7 Å². The van der Waals surface area contributed by atoms with Gasteiger partial charge in [0, 0.05) is 10.6 Å². The Morgan fingerprint density at radius 1 is 1.21 bits per heavy atom. The number of aromatic nitrogens is 1. The van der Waals surface area contributed by atoms with Crippen molar-refractivity contribution in [3.63, 3.8) is 0 Å². The molecule has 1 aromatic heterocycles. The van der Waals surface area contributed by atoms with Crippen LogP contribution < -0.4 is 10.6 Å². The summed E-state index contributed by atoms with van der Waals surface area (Å²) in [6.45, 7) is 1.42. The minimum absolute atomic E-state index is 0.198. The Bertz CT molecular complexity index is 813. The van der Waals surface area contributed by atoms with Gasteiger partial charge in [0.15, 0.2) is 0 Å². The fourth-order valence-corrected chi connectivity index (χ4v) is 1.97. The van der Waals surface area contributed by atoms with Gasteiger partial charge in [-0.25, -0.2) is 9.78 Å². The molecule has 6 nitrogen and oxygen atoms in total. The van der Waals surface area contributed by atoms with Crippen molar-refractivity contribution in [1.29, 1.82) is 0 Å². The third-order valence-corrected chi connectivity index (χ3v) is 3.10. The van der Waals surface area contributed by atoms with Crippen molar-refractivity contribution in [2.75, 3.05) is 5.32 Å². The lowest BCUT2D eigenvalue weighted by atomic mass is 10.2.